The number of ether oxygens (including phenoxy) is 1. The number of sulfonamides is 1. The summed E-state index contributed by atoms with van der Waals surface area (Å²) in [6.07, 6.45) is 1.28. The number of nitro benzene ring substituents is 2. The maximum absolute atomic E-state index is 12.7. The molecule has 1 saturated heterocycles. The van der Waals surface area contributed by atoms with Gasteiger partial charge in [-0.05, 0) is 30.3 Å². The van der Waals surface area contributed by atoms with Gasteiger partial charge in [-0.15, -0.1) is 0 Å². The molecular formula is C23H22N6O7S. The summed E-state index contributed by atoms with van der Waals surface area (Å²) in [4.78, 5) is 23.6. The highest BCUT2D eigenvalue weighted by molar-refractivity contribution is 7.92. The van der Waals surface area contributed by atoms with Crippen molar-refractivity contribution in [1.29, 1.82) is 0 Å². The van der Waals surface area contributed by atoms with Gasteiger partial charge in [0.15, 0.2) is 0 Å². The number of nitrogens with one attached hydrogen (secondary N) is 2. The van der Waals surface area contributed by atoms with E-state index in [0.717, 1.165) is 6.07 Å². The van der Waals surface area contributed by atoms with Crippen LogP contribution in [0.1, 0.15) is 5.56 Å². The maximum Gasteiger partial charge on any atom is 0.295 e. The quantitative estimate of drug-likeness (QED) is 0.240. The summed E-state index contributed by atoms with van der Waals surface area (Å²) >= 11 is 0. The Bertz CT molecular complexity index is 1440. The number of nitro groups is 2. The molecule has 0 aromatic heterocycles. The maximum atomic E-state index is 12.7. The molecular weight excluding hydrogens is 504 g/mol. The summed E-state index contributed by atoms with van der Waals surface area (Å²) < 4.78 is 33.0. The number of hydrogen-bond donors (Lipinski definition) is 2. The van der Waals surface area contributed by atoms with E-state index in [9.17, 15) is 28.6 Å². The fourth-order valence-electron chi connectivity index (χ4n) is 3.66. The molecule has 0 spiro atoms. The molecule has 0 unspecified atom stereocenters. The Morgan fingerprint density at radius 2 is 1.62 bits per heavy atom. The third-order valence-electron chi connectivity index (χ3n) is 5.45. The first-order valence-electron chi connectivity index (χ1n) is 11.0. The molecule has 192 valence electrons. The number of anilines is 3. The lowest BCUT2D eigenvalue weighted by molar-refractivity contribution is -0.384. The van der Waals surface area contributed by atoms with Crippen LogP contribution in [0.25, 0.3) is 0 Å². The van der Waals surface area contributed by atoms with Crippen LogP contribution in [-0.2, 0) is 14.8 Å². The topological polar surface area (TPSA) is 169 Å². The summed E-state index contributed by atoms with van der Waals surface area (Å²) in [5, 5.41) is 27.2. The Morgan fingerprint density at radius 3 is 2.30 bits per heavy atom. The van der Waals surface area contributed by atoms with E-state index in [-0.39, 0.29) is 16.3 Å². The third kappa shape index (κ3) is 6.17. The molecule has 4 rings (SSSR count). The van der Waals surface area contributed by atoms with Crippen LogP contribution in [0.5, 0.6) is 0 Å². The minimum absolute atomic E-state index is 0.0562. The van der Waals surface area contributed by atoms with E-state index in [1.54, 1.807) is 42.5 Å². The van der Waals surface area contributed by atoms with Crippen molar-refractivity contribution in [3.63, 3.8) is 0 Å². The Balaban J connectivity index is 1.53. The SMILES string of the molecule is O=[N+]([O-])c1cc(S(=O)(=O)Nc2ccccc2)ccc1NN=Cc1ccc(N2CCOCC2)c([N+](=O)[O-])c1. The van der Waals surface area contributed by atoms with Gasteiger partial charge in [-0.2, -0.15) is 5.10 Å². The van der Waals surface area contributed by atoms with Gasteiger partial charge >= 0.3 is 0 Å². The number of rotatable bonds is 9. The second kappa shape index (κ2) is 11.0. The molecule has 1 fully saturated rings. The van der Waals surface area contributed by atoms with Gasteiger partial charge in [-0.3, -0.25) is 30.4 Å². The van der Waals surface area contributed by atoms with Crippen LogP contribution in [0.3, 0.4) is 0 Å². The molecule has 0 atom stereocenters. The van der Waals surface area contributed by atoms with Crippen LogP contribution in [0, 0.1) is 20.2 Å². The van der Waals surface area contributed by atoms with Gasteiger partial charge in [-0.25, -0.2) is 8.42 Å². The second-order valence-corrected chi connectivity index (χ2v) is 9.56. The van der Waals surface area contributed by atoms with E-state index >= 15 is 0 Å². The number of hydrogen-bond acceptors (Lipinski definition) is 10. The van der Waals surface area contributed by atoms with Crippen molar-refractivity contribution in [3.05, 3.63) is 92.5 Å². The zero-order valence-electron chi connectivity index (χ0n) is 19.3. The molecule has 1 aliphatic rings. The van der Waals surface area contributed by atoms with Crippen molar-refractivity contribution < 1.29 is 23.0 Å². The van der Waals surface area contributed by atoms with Crippen LogP contribution in [0.15, 0.2) is 76.7 Å². The molecule has 0 radical (unpaired) electrons. The summed E-state index contributed by atoms with van der Waals surface area (Å²) in [6, 6.07) is 16.1. The zero-order chi connectivity index (χ0) is 26.4. The Hall–Kier alpha value is -4.56. The van der Waals surface area contributed by atoms with Crippen LogP contribution in [-0.4, -0.2) is 50.8 Å². The van der Waals surface area contributed by atoms with Crippen LogP contribution < -0.4 is 15.0 Å². The van der Waals surface area contributed by atoms with Crippen LogP contribution in [0.2, 0.25) is 0 Å². The summed E-state index contributed by atoms with van der Waals surface area (Å²) in [6.45, 7) is 2.02. The Kier molecular flexibility index (Phi) is 7.60. The molecule has 0 amide bonds. The fourth-order valence-corrected chi connectivity index (χ4v) is 4.74. The predicted octanol–water partition coefficient (Wildman–Crippen LogP) is 3.59. The van der Waals surface area contributed by atoms with E-state index in [0.29, 0.717) is 43.2 Å². The van der Waals surface area contributed by atoms with E-state index in [2.05, 4.69) is 15.2 Å². The highest BCUT2D eigenvalue weighted by Gasteiger charge is 2.23. The van der Waals surface area contributed by atoms with Gasteiger partial charge in [-0.1, -0.05) is 24.3 Å². The van der Waals surface area contributed by atoms with Gasteiger partial charge < -0.3 is 9.64 Å². The van der Waals surface area contributed by atoms with E-state index in [1.807, 2.05) is 4.90 Å². The number of nitrogens with zero attached hydrogens (tertiary/aromatic N) is 4. The average Bonchev–Trinajstić information content (AvgIpc) is 2.89. The second-order valence-electron chi connectivity index (χ2n) is 7.88. The molecule has 1 aliphatic heterocycles. The zero-order valence-corrected chi connectivity index (χ0v) is 20.1. The van der Waals surface area contributed by atoms with Crippen molar-refractivity contribution in [2.45, 2.75) is 4.90 Å². The van der Waals surface area contributed by atoms with Crippen LogP contribution >= 0.6 is 0 Å². The van der Waals surface area contributed by atoms with Crippen molar-refractivity contribution in [3.8, 4) is 0 Å². The minimum Gasteiger partial charge on any atom is -0.378 e. The summed E-state index contributed by atoms with van der Waals surface area (Å²) in [5.41, 5.74) is 3.02. The highest BCUT2D eigenvalue weighted by atomic mass is 32.2. The molecule has 14 heteroatoms. The summed E-state index contributed by atoms with van der Waals surface area (Å²) in [7, 11) is -4.07. The van der Waals surface area contributed by atoms with Crippen LogP contribution in [0.4, 0.5) is 28.4 Å². The third-order valence-corrected chi connectivity index (χ3v) is 6.83. The molecule has 0 bridgehead atoms. The van der Waals surface area contributed by atoms with Gasteiger partial charge in [0.2, 0.25) is 0 Å². The lowest BCUT2D eigenvalue weighted by Crippen LogP contribution is -2.36. The first kappa shape index (κ1) is 25.5. The van der Waals surface area contributed by atoms with E-state index in [4.69, 9.17) is 4.74 Å². The number of hydrazone groups is 1. The summed E-state index contributed by atoms with van der Waals surface area (Å²) in [5.74, 6) is 0. The fraction of sp³-hybridized carbons (Fsp3) is 0.174. The lowest BCUT2D eigenvalue weighted by atomic mass is 10.1. The Morgan fingerprint density at radius 1 is 0.919 bits per heavy atom. The standard InChI is InChI=1S/C23H22N6O7S/c30-28(31)22-15-19(37(34,35)26-18-4-2-1-3-5-18)7-8-20(22)25-24-16-17-6-9-21(23(14-17)29(32)33)27-10-12-36-13-11-27/h1-9,14-16,25-26H,10-13H2. The van der Waals surface area contributed by atoms with E-state index < -0.39 is 25.6 Å². The minimum atomic E-state index is -4.07. The van der Waals surface area contributed by atoms with Crippen molar-refractivity contribution in [2.75, 3.05) is 41.4 Å². The van der Waals surface area contributed by atoms with Gasteiger partial charge in [0.05, 0.1) is 34.2 Å². The highest BCUT2D eigenvalue weighted by Crippen LogP contribution is 2.30. The van der Waals surface area contributed by atoms with E-state index in [1.165, 1.54) is 24.4 Å². The smallest absolute Gasteiger partial charge is 0.295 e. The largest absolute Gasteiger partial charge is 0.378 e. The average molecular weight is 527 g/mol. The molecule has 0 aliphatic carbocycles. The molecule has 1 heterocycles. The molecule has 0 saturated carbocycles. The number of para-hydroxylation sites is 1. The molecule has 13 nitrogen and oxygen atoms in total. The van der Waals surface area contributed by atoms with Gasteiger partial charge in [0.25, 0.3) is 21.4 Å². The van der Waals surface area contributed by atoms with Gasteiger partial charge in [0.1, 0.15) is 11.4 Å². The first-order valence-corrected chi connectivity index (χ1v) is 12.5. The monoisotopic (exact) mass is 526 g/mol. The van der Waals surface area contributed by atoms with Gasteiger partial charge in [0, 0.05) is 36.5 Å². The van der Waals surface area contributed by atoms with Crippen molar-refractivity contribution >= 4 is 44.7 Å². The number of benzene rings is 3. The molecule has 3 aromatic carbocycles. The first-order chi connectivity index (χ1) is 17.7. The molecule has 3 aromatic rings. The molecule has 2 N–H and O–H groups in total. The van der Waals surface area contributed by atoms with Crippen molar-refractivity contribution in [2.24, 2.45) is 5.10 Å². The number of morpholine rings is 1. The predicted molar refractivity (Wildman–Crippen MR) is 138 cm³/mol. The molecule has 37 heavy (non-hydrogen) atoms. The van der Waals surface area contributed by atoms with Crippen molar-refractivity contribution in [1.82, 2.24) is 0 Å². The lowest BCUT2D eigenvalue weighted by Gasteiger charge is -2.28. The Labute approximate surface area is 211 Å². The normalized spacial score (nSPS) is 13.9.